The summed E-state index contributed by atoms with van der Waals surface area (Å²) < 4.78 is 7.54. The molecule has 0 atom stereocenters. The topological polar surface area (TPSA) is 48.1 Å². The van der Waals surface area contributed by atoms with Gasteiger partial charge in [-0.05, 0) is 0 Å². The van der Waals surface area contributed by atoms with Gasteiger partial charge in [-0.3, -0.25) is 0 Å². The Hall–Kier alpha value is -0.991. The van der Waals surface area contributed by atoms with Gasteiger partial charge in [-0.2, -0.15) is 0 Å². The summed E-state index contributed by atoms with van der Waals surface area (Å²) in [7, 11) is 1.62. The number of methoxy groups -OCH3 is 1. The Morgan fingerprint density at radius 1 is 1.46 bits per heavy atom. The van der Waals surface area contributed by atoms with Gasteiger partial charge in [0.2, 0.25) is 0 Å². The summed E-state index contributed by atoms with van der Waals surface area (Å²) in [5.41, 5.74) is 7.46. The Morgan fingerprint density at radius 2 is 2.23 bits per heavy atom. The number of nitrogens with two attached hydrogens (primary N) is 1. The van der Waals surface area contributed by atoms with Crippen molar-refractivity contribution in [3.63, 3.8) is 0 Å². The van der Waals surface area contributed by atoms with Crippen molar-refractivity contribution in [3.05, 3.63) is 16.7 Å². The second-order valence-corrected chi connectivity index (χ2v) is 5.35. The van der Waals surface area contributed by atoms with Gasteiger partial charge in [-0.15, -0.1) is 0 Å². The minimum absolute atomic E-state index is 0.357. The van der Waals surface area contributed by atoms with E-state index in [1.165, 1.54) is 8.83 Å². The van der Waals surface area contributed by atoms with Crippen LogP contribution in [0.2, 0.25) is 0 Å². The molecule has 0 fully saturated rings. The average Bonchev–Trinajstić information content (AvgIpc) is 2.47. The molecule has 0 saturated heterocycles. The number of anilines is 1. The molecule has 13 heavy (non-hydrogen) atoms. The van der Waals surface area contributed by atoms with Crippen LogP contribution in [0.5, 0.6) is 5.75 Å². The second kappa shape index (κ2) is 3.05. The summed E-state index contributed by atoms with van der Waals surface area (Å²) in [4.78, 5) is 4.40. The molecule has 0 aliphatic rings. The summed E-state index contributed by atoms with van der Waals surface area (Å²) in [5.74, 6) is 0.716. The van der Waals surface area contributed by atoms with Crippen LogP contribution in [0, 0.1) is 6.92 Å². The standard InChI is InChI=1S/C9H10N2OSe/c1-5-11-9-7(13-5)4-3-6(12-2)8(9)10/h3-4H,10H2,1-2H3. The van der Waals surface area contributed by atoms with Crippen LogP contribution in [-0.4, -0.2) is 26.6 Å². The van der Waals surface area contributed by atoms with Gasteiger partial charge in [-0.1, -0.05) is 0 Å². The van der Waals surface area contributed by atoms with Gasteiger partial charge >= 0.3 is 81.9 Å². The third kappa shape index (κ3) is 1.32. The molecule has 1 aromatic carbocycles. The molecular weight excluding hydrogens is 231 g/mol. The van der Waals surface area contributed by atoms with Crippen molar-refractivity contribution in [1.29, 1.82) is 0 Å². The zero-order valence-corrected chi connectivity index (χ0v) is 9.21. The molecule has 68 valence electrons. The van der Waals surface area contributed by atoms with Crippen molar-refractivity contribution in [2.24, 2.45) is 0 Å². The molecule has 0 radical (unpaired) electrons. The first-order valence-corrected chi connectivity index (χ1v) is 5.63. The van der Waals surface area contributed by atoms with Gasteiger partial charge in [0.25, 0.3) is 0 Å². The van der Waals surface area contributed by atoms with Crippen molar-refractivity contribution < 1.29 is 4.74 Å². The van der Waals surface area contributed by atoms with Crippen molar-refractivity contribution in [2.45, 2.75) is 6.92 Å². The molecule has 0 aliphatic heterocycles. The van der Waals surface area contributed by atoms with Gasteiger partial charge in [0.1, 0.15) is 0 Å². The Kier molecular flexibility index (Phi) is 2.02. The predicted octanol–water partition coefficient (Wildman–Crippen LogP) is 1.19. The second-order valence-electron chi connectivity index (χ2n) is 2.76. The fourth-order valence-corrected chi connectivity index (χ4v) is 3.05. The SMILES string of the molecule is COc1ccc2[se]c(C)nc2c1N. The van der Waals surface area contributed by atoms with Gasteiger partial charge in [-0.25, -0.2) is 0 Å². The summed E-state index contributed by atoms with van der Waals surface area (Å²) in [5, 5.41) is 0. The van der Waals surface area contributed by atoms with Crippen LogP contribution in [0.15, 0.2) is 12.1 Å². The molecule has 2 aromatic rings. The van der Waals surface area contributed by atoms with E-state index in [0.29, 0.717) is 25.9 Å². The Balaban J connectivity index is 2.78. The van der Waals surface area contributed by atoms with E-state index >= 15 is 0 Å². The summed E-state index contributed by atoms with van der Waals surface area (Å²) in [6.45, 7) is 2.03. The Labute approximate surface area is 82.3 Å². The first-order chi connectivity index (χ1) is 6.22. The molecule has 0 saturated carbocycles. The molecule has 2 rings (SSSR count). The van der Waals surface area contributed by atoms with Crippen LogP contribution in [0.1, 0.15) is 4.57 Å². The number of nitrogens with zero attached hydrogens (tertiary/aromatic N) is 1. The van der Waals surface area contributed by atoms with Crippen LogP contribution >= 0.6 is 0 Å². The van der Waals surface area contributed by atoms with E-state index in [2.05, 4.69) is 4.98 Å². The van der Waals surface area contributed by atoms with Gasteiger partial charge < -0.3 is 0 Å². The van der Waals surface area contributed by atoms with Crippen LogP contribution in [0.3, 0.4) is 0 Å². The number of aromatic nitrogens is 1. The zero-order valence-electron chi connectivity index (χ0n) is 7.50. The van der Waals surface area contributed by atoms with E-state index in [1.807, 2.05) is 19.1 Å². The quantitative estimate of drug-likeness (QED) is 0.602. The minimum atomic E-state index is 0.357. The van der Waals surface area contributed by atoms with Gasteiger partial charge in [0.15, 0.2) is 0 Å². The first-order valence-electron chi connectivity index (χ1n) is 3.92. The number of aryl methyl sites for hydroxylation is 1. The normalized spacial score (nSPS) is 10.6. The first kappa shape index (κ1) is 8.60. The fourth-order valence-electron chi connectivity index (χ4n) is 1.28. The molecule has 2 N–H and O–H groups in total. The monoisotopic (exact) mass is 242 g/mol. The van der Waals surface area contributed by atoms with E-state index < -0.39 is 0 Å². The summed E-state index contributed by atoms with van der Waals surface area (Å²) in [6, 6.07) is 3.95. The molecule has 0 unspecified atom stereocenters. The van der Waals surface area contributed by atoms with Gasteiger partial charge in [0, 0.05) is 0 Å². The maximum atomic E-state index is 5.89. The van der Waals surface area contributed by atoms with E-state index in [4.69, 9.17) is 10.5 Å². The Bertz CT molecular complexity index is 450. The van der Waals surface area contributed by atoms with Crippen LogP contribution in [0.4, 0.5) is 5.69 Å². The van der Waals surface area contributed by atoms with Crippen LogP contribution in [-0.2, 0) is 0 Å². The summed E-state index contributed by atoms with van der Waals surface area (Å²) >= 11 is 0.357. The number of nitrogen functional groups attached to an aromatic ring is 1. The molecule has 0 spiro atoms. The van der Waals surface area contributed by atoms with Crippen molar-refractivity contribution >= 4 is 30.0 Å². The molecule has 0 amide bonds. The van der Waals surface area contributed by atoms with E-state index in [9.17, 15) is 0 Å². The fraction of sp³-hybridized carbons (Fsp3) is 0.222. The Morgan fingerprint density at radius 3 is 2.92 bits per heavy atom. The molecule has 0 aliphatic carbocycles. The molecule has 4 heteroatoms. The van der Waals surface area contributed by atoms with E-state index in [-0.39, 0.29) is 0 Å². The number of ether oxygens (including phenoxy) is 1. The van der Waals surface area contributed by atoms with E-state index in [0.717, 1.165) is 5.52 Å². The molecule has 1 heterocycles. The number of fused-ring (bicyclic) bond motifs is 1. The average molecular weight is 241 g/mol. The number of rotatable bonds is 1. The number of benzene rings is 1. The third-order valence-corrected chi connectivity index (χ3v) is 3.85. The van der Waals surface area contributed by atoms with Crippen LogP contribution < -0.4 is 10.5 Å². The molecule has 0 bridgehead atoms. The molecule has 3 nitrogen and oxygen atoms in total. The van der Waals surface area contributed by atoms with E-state index in [1.54, 1.807) is 7.11 Å². The van der Waals surface area contributed by atoms with Crippen molar-refractivity contribution in [2.75, 3.05) is 12.8 Å². The molecular formula is C9H10N2OSe. The number of hydrogen-bond donors (Lipinski definition) is 1. The van der Waals surface area contributed by atoms with Gasteiger partial charge in [0.05, 0.1) is 0 Å². The summed E-state index contributed by atoms with van der Waals surface area (Å²) in [6.07, 6.45) is 0. The molecule has 1 aromatic heterocycles. The maximum absolute atomic E-state index is 5.89. The predicted molar refractivity (Wildman–Crippen MR) is 54.4 cm³/mol. The third-order valence-electron chi connectivity index (χ3n) is 1.89. The zero-order chi connectivity index (χ0) is 9.42. The van der Waals surface area contributed by atoms with Crippen molar-refractivity contribution in [1.82, 2.24) is 4.98 Å². The van der Waals surface area contributed by atoms with Crippen LogP contribution in [0.25, 0.3) is 9.78 Å². The number of hydrogen-bond acceptors (Lipinski definition) is 3. The van der Waals surface area contributed by atoms with Crippen molar-refractivity contribution in [3.8, 4) is 5.75 Å².